The number of rotatable bonds is 4. The van der Waals surface area contributed by atoms with Crippen molar-refractivity contribution in [3.8, 4) is 0 Å². The standard InChI is InChI=1S/C12H24N2/c1-2-5-11-6-3-4-9-14(11)10-12(13)7-8-12/h11H,2-10,13H2,1H3. The lowest BCUT2D eigenvalue weighted by Gasteiger charge is -2.37. The first kappa shape index (κ1) is 10.4. The third-order valence-corrected chi connectivity index (χ3v) is 3.78. The van der Waals surface area contributed by atoms with Crippen LogP contribution < -0.4 is 5.73 Å². The molecule has 1 aliphatic carbocycles. The molecule has 1 saturated heterocycles. The van der Waals surface area contributed by atoms with E-state index in [9.17, 15) is 0 Å². The van der Waals surface area contributed by atoms with E-state index in [1.807, 2.05) is 0 Å². The van der Waals surface area contributed by atoms with Crippen LogP contribution in [0.2, 0.25) is 0 Å². The van der Waals surface area contributed by atoms with E-state index in [-0.39, 0.29) is 5.54 Å². The molecule has 0 radical (unpaired) electrons. The molecule has 82 valence electrons. The SMILES string of the molecule is CCCC1CCCCN1CC1(N)CC1. The maximum absolute atomic E-state index is 6.19. The molecule has 2 rings (SSSR count). The second kappa shape index (κ2) is 4.19. The Morgan fingerprint density at radius 3 is 2.79 bits per heavy atom. The van der Waals surface area contributed by atoms with Crippen molar-refractivity contribution in [2.45, 2.75) is 63.5 Å². The first-order chi connectivity index (χ1) is 6.73. The molecule has 14 heavy (non-hydrogen) atoms. The summed E-state index contributed by atoms with van der Waals surface area (Å²) in [5, 5.41) is 0. The highest BCUT2D eigenvalue weighted by Gasteiger charge is 2.41. The summed E-state index contributed by atoms with van der Waals surface area (Å²) in [7, 11) is 0. The molecule has 0 aromatic rings. The molecule has 1 heterocycles. The molecule has 2 heteroatoms. The number of hydrogen-bond donors (Lipinski definition) is 1. The van der Waals surface area contributed by atoms with Crippen molar-refractivity contribution in [2.24, 2.45) is 5.73 Å². The first-order valence-electron chi connectivity index (χ1n) is 6.26. The summed E-state index contributed by atoms with van der Waals surface area (Å²) in [5.74, 6) is 0. The second-order valence-corrected chi connectivity index (χ2v) is 5.27. The fourth-order valence-electron chi connectivity index (χ4n) is 2.65. The van der Waals surface area contributed by atoms with E-state index in [1.54, 1.807) is 0 Å². The van der Waals surface area contributed by atoms with E-state index in [2.05, 4.69) is 11.8 Å². The summed E-state index contributed by atoms with van der Waals surface area (Å²) >= 11 is 0. The van der Waals surface area contributed by atoms with Gasteiger partial charge in [-0.25, -0.2) is 0 Å². The van der Waals surface area contributed by atoms with E-state index >= 15 is 0 Å². The Morgan fingerprint density at radius 1 is 1.36 bits per heavy atom. The zero-order chi connectivity index (χ0) is 10.0. The molecular weight excluding hydrogens is 172 g/mol. The number of nitrogens with zero attached hydrogens (tertiary/aromatic N) is 1. The van der Waals surface area contributed by atoms with Crippen LogP contribution in [-0.2, 0) is 0 Å². The highest BCUT2D eigenvalue weighted by atomic mass is 15.2. The van der Waals surface area contributed by atoms with E-state index in [0.717, 1.165) is 12.6 Å². The minimum absolute atomic E-state index is 0.212. The van der Waals surface area contributed by atoms with E-state index < -0.39 is 0 Å². The van der Waals surface area contributed by atoms with Crippen molar-refractivity contribution in [1.29, 1.82) is 0 Å². The molecule has 1 aliphatic heterocycles. The quantitative estimate of drug-likeness (QED) is 0.746. The van der Waals surface area contributed by atoms with Crippen LogP contribution in [0.4, 0.5) is 0 Å². The summed E-state index contributed by atoms with van der Waals surface area (Å²) in [6, 6.07) is 0.842. The van der Waals surface area contributed by atoms with Gasteiger partial charge in [0.1, 0.15) is 0 Å². The number of hydrogen-bond acceptors (Lipinski definition) is 2. The number of nitrogens with two attached hydrogens (primary N) is 1. The highest BCUT2D eigenvalue weighted by Crippen LogP contribution is 2.35. The molecule has 0 amide bonds. The Bertz CT molecular complexity index is 185. The molecule has 2 nitrogen and oxygen atoms in total. The van der Waals surface area contributed by atoms with Gasteiger partial charge in [0.15, 0.2) is 0 Å². The van der Waals surface area contributed by atoms with Crippen LogP contribution in [-0.4, -0.2) is 29.6 Å². The Hall–Kier alpha value is -0.0800. The Balaban J connectivity index is 1.85. The lowest BCUT2D eigenvalue weighted by Crippen LogP contribution is -2.47. The van der Waals surface area contributed by atoms with Gasteiger partial charge in [0.05, 0.1) is 0 Å². The number of likely N-dealkylation sites (tertiary alicyclic amines) is 1. The zero-order valence-electron chi connectivity index (χ0n) is 9.47. The van der Waals surface area contributed by atoms with Crippen LogP contribution in [0.5, 0.6) is 0 Å². The van der Waals surface area contributed by atoms with Gasteiger partial charge < -0.3 is 5.73 Å². The van der Waals surface area contributed by atoms with Gasteiger partial charge >= 0.3 is 0 Å². The van der Waals surface area contributed by atoms with Crippen LogP contribution in [0.25, 0.3) is 0 Å². The van der Waals surface area contributed by atoms with Gasteiger partial charge in [0, 0.05) is 18.1 Å². The smallest absolute Gasteiger partial charge is 0.0284 e. The minimum Gasteiger partial charge on any atom is -0.324 e. The molecule has 0 aromatic heterocycles. The van der Waals surface area contributed by atoms with Gasteiger partial charge in [-0.2, -0.15) is 0 Å². The molecule has 0 spiro atoms. The molecule has 2 N–H and O–H groups in total. The third kappa shape index (κ3) is 2.48. The topological polar surface area (TPSA) is 29.3 Å². The summed E-state index contributed by atoms with van der Waals surface area (Å²) in [4.78, 5) is 2.67. The molecular formula is C12H24N2. The monoisotopic (exact) mass is 196 g/mol. The van der Waals surface area contributed by atoms with Crippen LogP contribution >= 0.6 is 0 Å². The molecule has 2 fully saturated rings. The van der Waals surface area contributed by atoms with Gasteiger partial charge in [-0.3, -0.25) is 4.90 Å². The van der Waals surface area contributed by atoms with Crippen LogP contribution in [0.3, 0.4) is 0 Å². The van der Waals surface area contributed by atoms with Crippen molar-refractivity contribution in [1.82, 2.24) is 4.90 Å². The van der Waals surface area contributed by atoms with Crippen molar-refractivity contribution in [3.05, 3.63) is 0 Å². The van der Waals surface area contributed by atoms with Gasteiger partial charge in [-0.15, -0.1) is 0 Å². The molecule has 2 aliphatic rings. The molecule has 0 aromatic carbocycles. The average molecular weight is 196 g/mol. The zero-order valence-corrected chi connectivity index (χ0v) is 9.47. The number of piperidine rings is 1. The van der Waals surface area contributed by atoms with Gasteiger partial charge in [-0.1, -0.05) is 19.8 Å². The average Bonchev–Trinajstić information content (AvgIpc) is 2.88. The predicted octanol–water partition coefficient (Wildman–Crippen LogP) is 2.13. The van der Waals surface area contributed by atoms with E-state index in [4.69, 9.17) is 5.73 Å². The molecule has 0 bridgehead atoms. The summed E-state index contributed by atoms with van der Waals surface area (Å²) in [5.41, 5.74) is 6.41. The van der Waals surface area contributed by atoms with Crippen LogP contribution in [0, 0.1) is 0 Å². The van der Waals surface area contributed by atoms with Crippen molar-refractivity contribution in [2.75, 3.05) is 13.1 Å². The lowest BCUT2D eigenvalue weighted by molar-refractivity contribution is 0.127. The Morgan fingerprint density at radius 2 is 2.14 bits per heavy atom. The summed E-state index contributed by atoms with van der Waals surface area (Å²) in [6.45, 7) is 4.75. The van der Waals surface area contributed by atoms with Crippen molar-refractivity contribution >= 4 is 0 Å². The maximum atomic E-state index is 6.19. The Labute approximate surface area is 87.8 Å². The predicted molar refractivity (Wildman–Crippen MR) is 60.3 cm³/mol. The van der Waals surface area contributed by atoms with Crippen molar-refractivity contribution in [3.63, 3.8) is 0 Å². The lowest BCUT2D eigenvalue weighted by atomic mass is 9.97. The van der Waals surface area contributed by atoms with Crippen LogP contribution in [0.1, 0.15) is 51.9 Å². The van der Waals surface area contributed by atoms with E-state index in [1.165, 1.54) is 51.5 Å². The van der Waals surface area contributed by atoms with Crippen LogP contribution in [0.15, 0.2) is 0 Å². The normalized spacial score (nSPS) is 31.7. The summed E-state index contributed by atoms with van der Waals surface area (Å²) in [6.07, 6.45) is 9.42. The minimum atomic E-state index is 0.212. The maximum Gasteiger partial charge on any atom is 0.0284 e. The fraction of sp³-hybridized carbons (Fsp3) is 1.00. The van der Waals surface area contributed by atoms with E-state index in [0.29, 0.717) is 0 Å². The Kier molecular flexibility index (Phi) is 3.13. The largest absolute Gasteiger partial charge is 0.324 e. The summed E-state index contributed by atoms with van der Waals surface area (Å²) < 4.78 is 0. The van der Waals surface area contributed by atoms with Gasteiger partial charge in [0.2, 0.25) is 0 Å². The fourth-order valence-corrected chi connectivity index (χ4v) is 2.65. The first-order valence-corrected chi connectivity index (χ1v) is 6.26. The van der Waals surface area contributed by atoms with Crippen molar-refractivity contribution < 1.29 is 0 Å². The third-order valence-electron chi connectivity index (χ3n) is 3.78. The molecule has 1 saturated carbocycles. The molecule has 1 atom stereocenters. The van der Waals surface area contributed by atoms with Gasteiger partial charge in [-0.05, 0) is 38.6 Å². The second-order valence-electron chi connectivity index (χ2n) is 5.27. The highest BCUT2D eigenvalue weighted by molar-refractivity contribution is 5.02. The van der Waals surface area contributed by atoms with Gasteiger partial charge in [0.25, 0.3) is 0 Å². The molecule has 1 unspecified atom stereocenters.